The van der Waals surface area contributed by atoms with Gasteiger partial charge in [-0.05, 0) is 24.3 Å². The van der Waals surface area contributed by atoms with Gasteiger partial charge < -0.3 is 11.1 Å². The van der Waals surface area contributed by atoms with E-state index < -0.39 is 0 Å². The predicted octanol–water partition coefficient (Wildman–Crippen LogP) is 1.21. The van der Waals surface area contributed by atoms with E-state index in [1.54, 1.807) is 12.1 Å². The van der Waals surface area contributed by atoms with Gasteiger partial charge in [0, 0.05) is 49.3 Å². The van der Waals surface area contributed by atoms with Gasteiger partial charge in [0.15, 0.2) is 0 Å². The number of hydrogen-bond donors (Lipinski definition) is 2. The second kappa shape index (κ2) is 5.65. The second-order valence-electron chi connectivity index (χ2n) is 5.15. The molecule has 1 aromatic carbocycles. The van der Waals surface area contributed by atoms with Crippen LogP contribution in [0.2, 0.25) is 0 Å². The normalized spacial score (nSPS) is 14.0. The second-order valence-corrected chi connectivity index (χ2v) is 5.15. The highest BCUT2D eigenvalue weighted by molar-refractivity contribution is 5.73. The van der Waals surface area contributed by atoms with Crippen LogP contribution in [0.15, 0.2) is 24.3 Å². The first-order chi connectivity index (χ1) is 10.1. The number of fused-ring (bicyclic) bond motifs is 1. The fraction of sp³-hybridized carbons (Fsp3) is 0.333. The van der Waals surface area contributed by atoms with Crippen LogP contribution in [-0.4, -0.2) is 22.2 Å². The van der Waals surface area contributed by atoms with Gasteiger partial charge in [-0.2, -0.15) is 5.10 Å². The first-order valence-corrected chi connectivity index (χ1v) is 6.98. The van der Waals surface area contributed by atoms with Crippen molar-refractivity contribution in [3.8, 4) is 11.3 Å². The molecule has 0 bridgehead atoms. The van der Waals surface area contributed by atoms with Crippen LogP contribution in [0.1, 0.15) is 17.7 Å². The van der Waals surface area contributed by atoms with Crippen molar-refractivity contribution in [2.75, 3.05) is 6.54 Å². The molecule has 3 N–H and O–H groups in total. The number of nitrogens with one attached hydrogen (secondary N) is 1. The zero-order chi connectivity index (χ0) is 14.8. The molecule has 21 heavy (non-hydrogen) atoms. The van der Waals surface area contributed by atoms with Crippen molar-refractivity contribution >= 4 is 5.91 Å². The summed E-state index contributed by atoms with van der Waals surface area (Å²) < 4.78 is 14.9. The maximum absolute atomic E-state index is 13.1. The van der Waals surface area contributed by atoms with Crippen LogP contribution in [0, 0.1) is 5.82 Å². The largest absolute Gasteiger partial charge is 0.370 e. The molecule has 0 radical (unpaired) electrons. The quantitative estimate of drug-likeness (QED) is 0.888. The van der Waals surface area contributed by atoms with E-state index in [-0.39, 0.29) is 18.1 Å². The average Bonchev–Trinajstić information content (AvgIpc) is 2.85. The summed E-state index contributed by atoms with van der Waals surface area (Å²) in [5.41, 5.74) is 9.21. The summed E-state index contributed by atoms with van der Waals surface area (Å²) >= 11 is 0. The maximum Gasteiger partial charge on any atom is 0.219 e. The third-order valence-electron chi connectivity index (χ3n) is 3.69. The van der Waals surface area contributed by atoms with Gasteiger partial charge in [-0.15, -0.1) is 0 Å². The molecule has 3 rings (SSSR count). The predicted molar refractivity (Wildman–Crippen MR) is 76.8 cm³/mol. The Morgan fingerprint density at radius 3 is 2.86 bits per heavy atom. The van der Waals surface area contributed by atoms with Gasteiger partial charge in [0.1, 0.15) is 5.82 Å². The fourth-order valence-corrected chi connectivity index (χ4v) is 2.66. The molecule has 1 aliphatic rings. The lowest BCUT2D eigenvalue weighted by molar-refractivity contribution is -0.118. The Labute approximate surface area is 121 Å². The van der Waals surface area contributed by atoms with Crippen molar-refractivity contribution in [2.24, 2.45) is 5.73 Å². The smallest absolute Gasteiger partial charge is 0.219 e. The molecule has 0 saturated carbocycles. The SMILES string of the molecule is NC(=O)CCn1nc(-c2ccc(F)cc2)c2c1CCNC2. The Bertz CT molecular complexity index is 663. The molecule has 0 saturated heterocycles. The zero-order valence-electron chi connectivity index (χ0n) is 11.6. The third kappa shape index (κ3) is 2.80. The van der Waals surface area contributed by atoms with E-state index in [2.05, 4.69) is 10.4 Å². The highest BCUT2D eigenvalue weighted by Crippen LogP contribution is 2.28. The van der Waals surface area contributed by atoms with Crippen molar-refractivity contribution < 1.29 is 9.18 Å². The van der Waals surface area contributed by atoms with Gasteiger partial charge in [0.2, 0.25) is 5.91 Å². The number of amides is 1. The van der Waals surface area contributed by atoms with Crippen LogP contribution in [-0.2, 0) is 24.3 Å². The van der Waals surface area contributed by atoms with E-state index in [0.717, 1.165) is 42.0 Å². The van der Waals surface area contributed by atoms with Crippen LogP contribution in [0.3, 0.4) is 0 Å². The summed E-state index contributed by atoms with van der Waals surface area (Å²) in [7, 11) is 0. The van der Waals surface area contributed by atoms with Crippen molar-refractivity contribution in [3.05, 3.63) is 41.3 Å². The molecule has 1 amide bonds. The van der Waals surface area contributed by atoms with Crippen LogP contribution < -0.4 is 11.1 Å². The summed E-state index contributed by atoms with van der Waals surface area (Å²) in [6.07, 6.45) is 1.13. The van der Waals surface area contributed by atoms with E-state index >= 15 is 0 Å². The summed E-state index contributed by atoms with van der Waals surface area (Å²) in [6, 6.07) is 6.32. The number of aromatic nitrogens is 2. The first kappa shape index (κ1) is 13.8. The molecule has 0 atom stereocenters. The molecule has 5 nitrogen and oxygen atoms in total. The monoisotopic (exact) mass is 288 g/mol. The van der Waals surface area contributed by atoms with E-state index in [1.807, 2.05) is 4.68 Å². The first-order valence-electron chi connectivity index (χ1n) is 6.98. The number of aryl methyl sites for hydroxylation is 1. The molecule has 110 valence electrons. The van der Waals surface area contributed by atoms with Crippen molar-refractivity contribution in [1.29, 1.82) is 0 Å². The molecule has 0 aliphatic carbocycles. The third-order valence-corrected chi connectivity index (χ3v) is 3.69. The van der Waals surface area contributed by atoms with E-state index in [9.17, 15) is 9.18 Å². The Kier molecular flexibility index (Phi) is 3.70. The lowest BCUT2D eigenvalue weighted by Crippen LogP contribution is -2.25. The van der Waals surface area contributed by atoms with Gasteiger partial charge >= 0.3 is 0 Å². The summed E-state index contributed by atoms with van der Waals surface area (Å²) in [4.78, 5) is 11.0. The number of rotatable bonds is 4. The molecule has 2 heterocycles. The lowest BCUT2D eigenvalue weighted by Gasteiger charge is -2.15. The number of primary amides is 1. The van der Waals surface area contributed by atoms with Gasteiger partial charge in [-0.1, -0.05) is 0 Å². The molecule has 0 fully saturated rings. The number of benzene rings is 1. The van der Waals surface area contributed by atoms with Crippen LogP contribution in [0.5, 0.6) is 0 Å². The highest BCUT2D eigenvalue weighted by atomic mass is 19.1. The van der Waals surface area contributed by atoms with E-state index in [4.69, 9.17) is 5.73 Å². The summed E-state index contributed by atoms with van der Waals surface area (Å²) in [5, 5.41) is 7.93. The van der Waals surface area contributed by atoms with E-state index in [1.165, 1.54) is 12.1 Å². The van der Waals surface area contributed by atoms with Crippen LogP contribution in [0.25, 0.3) is 11.3 Å². The standard InChI is InChI=1S/C15H17FN4O/c16-11-3-1-10(2-4-11)15-12-9-18-7-5-13(12)20(19-15)8-6-14(17)21/h1-4,18H,5-9H2,(H2,17,21). The minimum Gasteiger partial charge on any atom is -0.370 e. The molecule has 6 heteroatoms. The fourth-order valence-electron chi connectivity index (χ4n) is 2.66. The summed E-state index contributed by atoms with van der Waals surface area (Å²) in [6.45, 7) is 2.11. The molecule has 1 aliphatic heterocycles. The number of nitrogens with two attached hydrogens (primary N) is 1. The molecule has 1 aromatic heterocycles. The highest BCUT2D eigenvalue weighted by Gasteiger charge is 2.21. The zero-order valence-corrected chi connectivity index (χ0v) is 11.6. The Hall–Kier alpha value is -2.21. The Morgan fingerprint density at radius 2 is 2.14 bits per heavy atom. The van der Waals surface area contributed by atoms with Crippen molar-refractivity contribution in [3.63, 3.8) is 0 Å². The van der Waals surface area contributed by atoms with Gasteiger partial charge in [0.05, 0.1) is 5.69 Å². The number of carbonyl (C=O) groups excluding carboxylic acids is 1. The van der Waals surface area contributed by atoms with Crippen LogP contribution >= 0.6 is 0 Å². The number of nitrogens with zero attached hydrogens (tertiary/aromatic N) is 2. The van der Waals surface area contributed by atoms with Crippen LogP contribution in [0.4, 0.5) is 4.39 Å². The number of carbonyl (C=O) groups is 1. The van der Waals surface area contributed by atoms with E-state index in [0.29, 0.717) is 6.54 Å². The maximum atomic E-state index is 13.1. The molecular weight excluding hydrogens is 271 g/mol. The van der Waals surface area contributed by atoms with Crippen molar-refractivity contribution in [2.45, 2.75) is 25.9 Å². The Balaban J connectivity index is 2.00. The van der Waals surface area contributed by atoms with Gasteiger partial charge in [-0.25, -0.2) is 4.39 Å². The van der Waals surface area contributed by atoms with Crippen molar-refractivity contribution in [1.82, 2.24) is 15.1 Å². The topological polar surface area (TPSA) is 72.9 Å². The van der Waals surface area contributed by atoms with Gasteiger partial charge in [0.25, 0.3) is 0 Å². The number of hydrogen-bond acceptors (Lipinski definition) is 3. The Morgan fingerprint density at radius 1 is 1.38 bits per heavy atom. The molecule has 0 unspecified atom stereocenters. The lowest BCUT2D eigenvalue weighted by atomic mass is 10.0. The minimum atomic E-state index is -0.337. The average molecular weight is 288 g/mol. The minimum absolute atomic E-state index is 0.265. The molecule has 0 spiro atoms. The molecule has 2 aromatic rings. The molecular formula is C15H17FN4O. The number of halogens is 1. The summed E-state index contributed by atoms with van der Waals surface area (Å²) in [5.74, 6) is -0.601. The van der Waals surface area contributed by atoms with Gasteiger partial charge in [-0.3, -0.25) is 9.48 Å².